The molecule has 0 saturated heterocycles. The molecule has 0 heterocycles. The van der Waals surface area contributed by atoms with Gasteiger partial charge < -0.3 is 4.80 Å². The minimum Gasteiger partial charge on any atom is -0.435 e. The van der Waals surface area contributed by atoms with E-state index in [4.69, 9.17) is 4.80 Å². The number of unbranched alkanes of at least 4 members (excludes halogenated alkanes) is 1. The molecular formula is C4H10OSi3. The number of rotatable bonds is 4. The molecular weight excluding hydrogens is 148 g/mol. The molecule has 0 rings (SSSR count). The SMILES string of the molecule is CCCC[Si](O)[Si][Si]. The molecule has 0 aliphatic rings. The molecule has 0 aliphatic heterocycles. The van der Waals surface area contributed by atoms with E-state index in [9.17, 15) is 0 Å². The van der Waals surface area contributed by atoms with Crippen LogP contribution in [0, 0.1) is 0 Å². The zero-order valence-electron chi connectivity index (χ0n) is 5.07. The Morgan fingerprint density at radius 3 is 2.75 bits per heavy atom. The zero-order valence-corrected chi connectivity index (χ0v) is 8.07. The highest BCUT2D eigenvalue weighted by molar-refractivity contribution is 7.28. The first-order valence-electron chi connectivity index (χ1n) is 2.78. The van der Waals surface area contributed by atoms with Crippen molar-refractivity contribution in [2.75, 3.05) is 0 Å². The zero-order chi connectivity index (χ0) is 6.41. The second-order valence-electron chi connectivity index (χ2n) is 1.68. The molecule has 0 aromatic carbocycles. The van der Waals surface area contributed by atoms with Crippen molar-refractivity contribution in [1.29, 1.82) is 0 Å². The van der Waals surface area contributed by atoms with E-state index in [1.807, 2.05) is 0 Å². The van der Waals surface area contributed by atoms with Crippen molar-refractivity contribution < 1.29 is 4.80 Å². The fourth-order valence-electron chi connectivity index (χ4n) is 0.407. The second-order valence-corrected chi connectivity index (χ2v) is 8.05. The quantitative estimate of drug-likeness (QED) is 0.574. The van der Waals surface area contributed by atoms with E-state index < -0.39 is 8.56 Å². The highest BCUT2D eigenvalue weighted by atomic mass is 29.5. The predicted molar refractivity (Wildman–Crippen MR) is 39.2 cm³/mol. The van der Waals surface area contributed by atoms with Crippen LogP contribution >= 0.6 is 0 Å². The highest BCUT2D eigenvalue weighted by Gasteiger charge is 2.01. The summed E-state index contributed by atoms with van der Waals surface area (Å²) in [5.41, 5.74) is 0. The van der Waals surface area contributed by atoms with E-state index >= 15 is 0 Å². The monoisotopic (exact) mass is 158 g/mol. The molecule has 0 aliphatic carbocycles. The van der Waals surface area contributed by atoms with Gasteiger partial charge in [-0.05, 0) is 6.04 Å². The summed E-state index contributed by atoms with van der Waals surface area (Å²) in [6.07, 6.45) is 2.38. The third-order valence-corrected chi connectivity index (χ3v) is 6.24. The maximum Gasteiger partial charge on any atom is 0.182 e. The van der Waals surface area contributed by atoms with Crippen LogP contribution < -0.4 is 0 Å². The van der Waals surface area contributed by atoms with Crippen molar-refractivity contribution in [1.82, 2.24) is 0 Å². The van der Waals surface area contributed by atoms with Gasteiger partial charge in [-0.1, -0.05) is 19.8 Å². The smallest absolute Gasteiger partial charge is 0.182 e. The van der Waals surface area contributed by atoms with E-state index in [0.29, 0.717) is 8.55 Å². The van der Waals surface area contributed by atoms with Gasteiger partial charge in [-0.25, -0.2) is 0 Å². The Morgan fingerprint density at radius 2 is 2.38 bits per heavy atom. The van der Waals surface area contributed by atoms with E-state index in [-0.39, 0.29) is 0 Å². The average Bonchev–Trinajstić information content (AvgIpc) is 1.83. The first kappa shape index (κ1) is 8.61. The minimum atomic E-state index is -0.950. The molecule has 8 heavy (non-hydrogen) atoms. The van der Waals surface area contributed by atoms with E-state index in [2.05, 4.69) is 16.7 Å². The van der Waals surface area contributed by atoms with Gasteiger partial charge in [0.25, 0.3) is 0 Å². The summed E-state index contributed by atoms with van der Waals surface area (Å²) in [7, 11) is 2.97. The Kier molecular flexibility index (Phi) is 6.18. The summed E-state index contributed by atoms with van der Waals surface area (Å²) in [6.45, 7) is 2.14. The van der Waals surface area contributed by atoms with Crippen LogP contribution in [0.2, 0.25) is 6.04 Å². The summed E-state index contributed by atoms with van der Waals surface area (Å²) in [5, 5.41) is 0. The first-order valence-corrected chi connectivity index (χ1v) is 7.94. The fraction of sp³-hybridized carbons (Fsp3) is 1.00. The molecule has 0 unspecified atom stereocenters. The Bertz CT molecular complexity index is 50.5. The lowest BCUT2D eigenvalue weighted by Gasteiger charge is -1.99. The summed E-state index contributed by atoms with van der Waals surface area (Å²) >= 11 is 0. The van der Waals surface area contributed by atoms with Gasteiger partial charge in [-0.3, -0.25) is 0 Å². The van der Waals surface area contributed by atoms with Crippen LogP contribution in [0.1, 0.15) is 19.8 Å². The van der Waals surface area contributed by atoms with Gasteiger partial charge in [0, 0.05) is 18.3 Å². The lowest BCUT2D eigenvalue weighted by atomic mass is 10.4. The van der Waals surface area contributed by atoms with Crippen LogP contribution in [-0.4, -0.2) is 31.7 Å². The molecule has 0 saturated carbocycles. The van der Waals surface area contributed by atoms with Crippen molar-refractivity contribution in [3.8, 4) is 0 Å². The number of hydrogen-bond donors (Lipinski definition) is 1. The van der Waals surface area contributed by atoms with Gasteiger partial charge in [0.1, 0.15) is 0 Å². The van der Waals surface area contributed by atoms with Crippen LogP contribution in [-0.2, 0) is 0 Å². The molecule has 0 aromatic rings. The van der Waals surface area contributed by atoms with Crippen LogP contribution in [0.3, 0.4) is 0 Å². The Balaban J connectivity index is 2.86. The van der Waals surface area contributed by atoms with E-state index in [1.165, 1.54) is 12.8 Å². The van der Waals surface area contributed by atoms with Gasteiger partial charge >= 0.3 is 0 Å². The van der Waals surface area contributed by atoms with E-state index in [0.717, 1.165) is 6.04 Å². The Morgan fingerprint density at radius 1 is 1.75 bits per heavy atom. The third-order valence-electron chi connectivity index (χ3n) is 0.911. The predicted octanol–water partition coefficient (Wildman–Crippen LogP) is 0.0547. The molecule has 0 aromatic heterocycles. The van der Waals surface area contributed by atoms with E-state index in [1.54, 1.807) is 0 Å². The van der Waals surface area contributed by atoms with Gasteiger partial charge in [-0.15, -0.1) is 0 Å². The lowest BCUT2D eigenvalue weighted by molar-refractivity contribution is 0.585. The lowest BCUT2D eigenvalue weighted by Crippen LogP contribution is -2.21. The molecule has 6 radical (unpaired) electrons. The average molecular weight is 158 g/mol. The van der Waals surface area contributed by atoms with Crippen molar-refractivity contribution in [3.05, 3.63) is 0 Å². The molecule has 1 nitrogen and oxygen atoms in total. The van der Waals surface area contributed by atoms with Crippen molar-refractivity contribution >= 4 is 26.9 Å². The first-order chi connectivity index (χ1) is 3.81. The highest BCUT2D eigenvalue weighted by Crippen LogP contribution is 1.95. The summed E-state index contributed by atoms with van der Waals surface area (Å²) < 4.78 is 0. The van der Waals surface area contributed by atoms with Crippen LogP contribution in [0.15, 0.2) is 0 Å². The largest absolute Gasteiger partial charge is 0.435 e. The molecule has 1 N–H and O–H groups in total. The van der Waals surface area contributed by atoms with Gasteiger partial charge in [0.2, 0.25) is 0 Å². The maximum absolute atomic E-state index is 9.05. The van der Waals surface area contributed by atoms with Crippen molar-refractivity contribution in [2.24, 2.45) is 0 Å². The summed E-state index contributed by atoms with van der Waals surface area (Å²) in [4.78, 5) is 9.05. The summed E-state index contributed by atoms with van der Waals surface area (Å²) in [6, 6.07) is 1.04. The van der Waals surface area contributed by atoms with Crippen LogP contribution in [0.5, 0.6) is 0 Å². The second kappa shape index (κ2) is 5.74. The molecule has 4 heteroatoms. The molecule has 0 bridgehead atoms. The van der Waals surface area contributed by atoms with Crippen molar-refractivity contribution in [2.45, 2.75) is 25.8 Å². The molecule has 0 fully saturated rings. The number of hydrogen-bond acceptors (Lipinski definition) is 1. The third kappa shape index (κ3) is 4.76. The van der Waals surface area contributed by atoms with Gasteiger partial charge in [0.05, 0.1) is 0 Å². The van der Waals surface area contributed by atoms with Crippen LogP contribution in [0.4, 0.5) is 0 Å². The molecule has 0 atom stereocenters. The molecule has 44 valence electrons. The van der Waals surface area contributed by atoms with Crippen molar-refractivity contribution in [3.63, 3.8) is 0 Å². The summed E-state index contributed by atoms with van der Waals surface area (Å²) in [5.74, 6) is 0. The van der Waals surface area contributed by atoms with Gasteiger partial charge in [0.15, 0.2) is 8.56 Å². The maximum atomic E-state index is 9.05. The van der Waals surface area contributed by atoms with Gasteiger partial charge in [-0.2, -0.15) is 0 Å². The standard InChI is InChI=1S/C4H10OSi3/c1-2-3-4-8(5)7-6/h5H,2-4H2,1H3. The molecule has 0 spiro atoms. The fourth-order valence-corrected chi connectivity index (χ4v) is 3.25. The normalized spacial score (nSPS) is 10.5. The Labute approximate surface area is 58.1 Å². The topological polar surface area (TPSA) is 20.2 Å². The minimum absolute atomic E-state index is 0.604. The van der Waals surface area contributed by atoms with Crippen LogP contribution in [0.25, 0.3) is 0 Å². The molecule has 0 amide bonds. The Hall–Kier alpha value is 0.611.